The van der Waals surface area contributed by atoms with Crippen LogP contribution in [0.2, 0.25) is 18.1 Å². The molecule has 1 aliphatic heterocycles. The number of β-lactam (4-membered cyclic amide) rings is 1. The number of methoxy groups -OCH3 is 1. The molecule has 1 fully saturated rings. The third-order valence-corrected chi connectivity index (χ3v) is 10.0. The fraction of sp³-hybridized carbons (Fsp3) is 0.632. The lowest BCUT2D eigenvalue weighted by atomic mass is 9.93. The second-order valence-corrected chi connectivity index (χ2v) is 13.0. The predicted molar refractivity (Wildman–Crippen MR) is 99.6 cm³/mol. The van der Waals surface area contributed by atoms with Crippen LogP contribution in [0.3, 0.4) is 0 Å². The van der Waals surface area contributed by atoms with Crippen molar-refractivity contribution in [3.63, 3.8) is 0 Å². The Hall–Kier alpha value is -1.33. The molecule has 0 unspecified atom stereocenters. The van der Waals surface area contributed by atoms with Gasteiger partial charge in [-0.3, -0.25) is 4.79 Å². The van der Waals surface area contributed by atoms with E-state index in [0.29, 0.717) is 6.54 Å². The summed E-state index contributed by atoms with van der Waals surface area (Å²) in [5, 5.41) is 0.164. The van der Waals surface area contributed by atoms with Crippen LogP contribution in [0.1, 0.15) is 33.3 Å². The molecule has 2 rings (SSSR count). The maximum absolute atomic E-state index is 12.5. The Morgan fingerprint density at radius 1 is 1.25 bits per heavy atom. The highest BCUT2D eigenvalue weighted by Crippen LogP contribution is 2.39. The van der Waals surface area contributed by atoms with Crippen LogP contribution in [0.5, 0.6) is 5.75 Å². The summed E-state index contributed by atoms with van der Waals surface area (Å²) in [5.74, 6) is 1.04. The van der Waals surface area contributed by atoms with Gasteiger partial charge in [-0.15, -0.1) is 0 Å². The Kier molecular flexibility index (Phi) is 5.45. The van der Waals surface area contributed by atoms with Crippen molar-refractivity contribution in [2.75, 3.05) is 13.7 Å². The fourth-order valence-corrected chi connectivity index (χ4v) is 4.14. The molecular weight excluding hydrogens is 318 g/mol. The normalized spacial score (nSPS) is 19.9. The van der Waals surface area contributed by atoms with Gasteiger partial charge in [0.25, 0.3) is 0 Å². The van der Waals surface area contributed by atoms with Crippen LogP contribution >= 0.6 is 0 Å². The van der Waals surface area contributed by atoms with Crippen LogP contribution in [-0.2, 0) is 15.8 Å². The summed E-state index contributed by atoms with van der Waals surface area (Å²) in [4.78, 5) is 14.4. The average molecular weight is 350 g/mol. The minimum absolute atomic E-state index is 0.00243. The number of hydrogen-bond donors (Lipinski definition) is 0. The van der Waals surface area contributed by atoms with E-state index < -0.39 is 8.32 Å². The van der Waals surface area contributed by atoms with Gasteiger partial charge in [0.15, 0.2) is 8.32 Å². The van der Waals surface area contributed by atoms with Gasteiger partial charge >= 0.3 is 0 Å². The Labute approximate surface area is 147 Å². The van der Waals surface area contributed by atoms with Crippen molar-refractivity contribution < 1.29 is 14.0 Å². The van der Waals surface area contributed by atoms with Gasteiger partial charge in [-0.05, 0) is 42.8 Å². The predicted octanol–water partition coefficient (Wildman–Crippen LogP) is 4.06. The molecule has 4 nitrogen and oxygen atoms in total. The van der Waals surface area contributed by atoms with E-state index in [1.165, 1.54) is 0 Å². The van der Waals surface area contributed by atoms with Gasteiger partial charge in [0.2, 0.25) is 5.91 Å². The number of amides is 1. The molecule has 1 aliphatic rings. The SMILES string of the molecule is COc1ccc(CN2C[C@@H]([C@@H](C)O[Si](C)(C)C(C)(C)C)C2=O)cc1. The molecule has 0 radical (unpaired) electrons. The first-order chi connectivity index (χ1) is 11.0. The quantitative estimate of drug-likeness (QED) is 0.574. The molecule has 0 aromatic heterocycles. The second kappa shape index (κ2) is 6.88. The van der Waals surface area contributed by atoms with Gasteiger partial charge in [0.1, 0.15) is 5.75 Å². The van der Waals surface area contributed by atoms with Gasteiger partial charge < -0.3 is 14.1 Å². The third-order valence-electron chi connectivity index (χ3n) is 5.43. The van der Waals surface area contributed by atoms with Crippen LogP contribution in [0.4, 0.5) is 0 Å². The largest absolute Gasteiger partial charge is 0.497 e. The molecule has 134 valence electrons. The van der Waals surface area contributed by atoms with Crippen LogP contribution in [0.15, 0.2) is 24.3 Å². The zero-order valence-electron chi connectivity index (χ0n) is 16.1. The fourth-order valence-electron chi connectivity index (χ4n) is 2.69. The molecule has 2 atom stereocenters. The smallest absolute Gasteiger partial charge is 0.230 e. The molecule has 0 bridgehead atoms. The standard InChI is InChI=1S/C19H31NO3Si/c1-14(23-24(6,7)19(2,3)4)17-13-20(18(17)21)12-15-8-10-16(22-5)11-9-15/h8-11,14,17H,12-13H2,1-7H3/t14-,17+/m1/s1. The summed E-state index contributed by atoms with van der Waals surface area (Å²) in [7, 11) is -0.179. The van der Waals surface area contributed by atoms with E-state index in [4.69, 9.17) is 9.16 Å². The van der Waals surface area contributed by atoms with Crippen molar-refractivity contribution in [1.29, 1.82) is 0 Å². The first-order valence-electron chi connectivity index (χ1n) is 8.64. The minimum Gasteiger partial charge on any atom is -0.497 e. The van der Waals surface area contributed by atoms with Crippen LogP contribution in [-0.4, -0.2) is 38.9 Å². The van der Waals surface area contributed by atoms with E-state index in [2.05, 4.69) is 33.9 Å². The monoisotopic (exact) mass is 349 g/mol. The van der Waals surface area contributed by atoms with E-state index in [9.17, 15) is 4.79 Å². The molecule has 1 aromatic carbocycles. The highest BCUT2D eigenvalue weighted by Gasteiger charge is 2.45. The molecule has 0 saturated carbocycles. The van der Waals surface area contributed by atoms with Gasteiger partial charge in [0.05, 0.1) is 19.1 Å². The number of likely N-dealkylation sites (tertiary alicyclic amines) is 1. The van der Waals surface area contributed by atoms with Crippen LogP contribution in [0.25, 0.3) is 0 Å². The molecular formula is C19H31NO3Si. The number of rotatable bonds is 6. The maximum Gasteiger partial charge on any atom is 0.230 e. The summed E-state index contributed by atoms with van der Waals surface area (Å²) in [6, 6.07) is 7.88. The maximum atomic E-state index is 12.5. The lowest BCUT2D eigenvalue weighted by Gasteiger charge is -2.45. The van der Waals surface area contributed by atoms with Crippen molar-refractivity contribution in [2.45, 2.75) is 58.5 Å². The molecule has 5 heteroatoms. The van der Waals surface area contributed by atoms with Crippen LogP contribution in [0, 0.1) is 5.92 Å². The molecule has 0 spiro atoms. The summed E-state index contributed by atoms with van der Waals surface area (Å²) < 4.78 is 11.5. The number of hydrogen-bond acceptors (Lipinski definition) is 3. The molecule has 1 amide bonds. The van der Waals surface area contributed by atoms with Crippen molar-refractivity contribution in [3.05, 3.63) is 29.8 Å². The molecule has 1 heterocycles. The molecule has 1 aromatic rings. The Balaban J connectivity index is 1.90. The zero-order valence-corrected chi connectivity index (χ0v) is 17.1. The van der Waals surface area contributed by atoms with Crippen molar-refractivity contribution >= 4 is 14.2 Å². The molecule has 0 aliphatic carbocycles. The number of carbonyl (C=O) groups excluding carboxylic acids is 1. The van der Waals surface area contributed by atoms with E-state index in [0.717, 1.165) is 17.9 Å². The number of nitrogens with zero attached hydrogens (tertiary/aromatic N) is 1. The van der Waals surface area contributed by atoms with Gasteiger partial charge in [-0.2, -0.15) is 0 Å². The van der Waals surface area contributed by atoms with Gasteiger partial charge in [-0.25, -0.2) is 0 Å². The highest BCUT2D eigenvalue weighted by molar-refractivity contribution is 6.74. The lowest BCUT2D eigenvalue weighted by molar-refractivity contribution is -0.154. The number of ether oxygens (including phenoxy) is 1. The molecule has 0 N–H and O–H groups in total. The van der Waals surface area contributed by atoms with Crippen molar-refractivity contribution in [2.24, 2.45) is 5.92 Å². The Morgan fingerprint density at radius 3 is 2.29 bits per heavy atom. The van der Waals surface area contributed by atoms with Crippen LogP contribution < -0.4 is 4.74 Å². The van der Waals surface area contributed by atoms with Crippen molar-refractivity contribution in [3.8, 4) is 5.75 Å². The zero-order chi connectivity index (χ0) is 18.1. The number of carbonyl (C=O) groups is 1. The van der Waals surface area contributed by atoms with E-state index in [-0.39, 0.29) is 23.0 Å². The average Bonchev–Trinajstić information content (AvgIpc) is 2.49. The second-order valence-electron chi connectivity index (χ2n) is 8.26. The lowest BCUT2D eigenvalue weighted by Crippen LogP contribution is -2.58. The first-order valence-corrected chi connectivity index (χ1v) is 11.6. The van der Waals surface area contributed by atoms with E-state index in [1.54, 1.807) is 7.11 Å². The minimum atomic E-state index is -1.83. The highest BCUT2D eigenvalue weighted by atomic mass is 28.4. The van der Waals surface area contributed by atoms with E-state index >= 15 is 0 Å². The van der Waals surface area contributed by atoms with Gasteiger partial charge in [0, 0.05) is 13.1 Å². The number of benzene rings is 1. The van der Waals surface area contributed by atoms with Gasteiger partial charge in [-0.1, -0.05) is 32.9 Å². The Morgan fingerprint density at radius 2 is 1.83 bits per heavy atom. The summed E-state index contributed by atoms with van der Waals surface area (Å²) >= 11 is 0. The molecule has 24 heavy (non-hydrogen) atoms. The summed E-state index contributed by atoms with van der Waals surface area (Å²) in [5.41, 5.74) is 1.13. The summed E-state index contributed by atoms with van der Waals surface area (Å²) in [6.45, 7) is 14.6. The van der Waals surface area contributed by atoms with Crippen molar-refractivity contribution in [1.82, 2.24) is 4.90 Å². The molecule has 1 saturated heterocycles. The first kappa shape index (κ1) is 19.0. The van der Waals surface area contributed by atoms with E-state index in [1.807, 2.05) is 36.1 Å². The third kappa shape index (κ3) is 4.01. The topological polar surface area (TPSA) is 38.8 Å². The Bertz CT molecular complexity index is 577. The summed E-state index contributed by atoms with van der Waals surface area (Å²) in [6.07, 6.45) is -0.00879.